The summed E-state index contributed by atoms with van der Waals surface area (Å²) in [6, 6.07) is 8.60. The molecule has 0 nitrogen and oxygen atoms in total. The second kappa shape index (κ2) is 4.52. The van der Waals surface area contributed by atoms with E-state index in [1.807, 2.05) is 0 Å². The highest BCUT2D eigenvalue weighted by Gasteiger charge is 2.37. The lowest BCUT2D eigenvalue weighted by molar-refractivity contribution is 0.603. The summed E-state index contributed by atoms with van der Waals surface area (Å²) in [5.41, 5.74) is 1.33. The monoisotopic (exact) mass is 273 g/mol. The first-order chi connectivity index (χ1) is 7.83. The fourth-order valence-corrected chi connectivity index (χ4v) is 2.77. The zero-order chi connectivity index (χ0) is 11.0. The Morgan fingerprint density at radius 1 is 0.812 bits per heavy atom. The van der Waals surface area contributed by atoms with Gasteiger partial charge in [0, 0.05) is 10.4 Å². The van der Waals surface area contributed by atoms with Gasteiger partial charge in [-0.05, 0) is 55.2 Å². The van der Waals surface area contributed by atoms with Gasteiger partial charge in [0.25, 0.3) is 0 Å². The first-order valence-corrected chi connectivity index (χ1v) is 6.67. The molecule has 0 aromatic heterocycles. The van der Waals surface area contributed by atoms with Crippen LogP contribution in [0.5, 0.6) is 0 Å². The first kappa shape index (κ1) is 10.8. The van der Waals surface area contributed by atoms with Crippen molar-refractivity contribution in [3.05, 3.63) is 64.9 Å². The summed E-state index contributed by atoms with van der Waals surface area (Å²) in [4.78, 5) is 0. The van der Waals surface area contributed by atoms with Gasteiger partial charge in [-0.15, -0.1) is 0 Å². The van der Waals surface area contributed by atoms with Crippen molar-refractivity contribution in [2.75, 3.05) is 0 Å². The summed E-state index contributed by atoms with van der Waals surface area (Å²) in [6.45, 7) is 0. The summed E-state index contributed by atoms with van der Waals surface area (Å²) in [5, 5.41) is 0. The third kappa shape index (κ3) is 2.07. The molecule has 2 fully saturated rings. The number of halogens is 1. The van der Waals surface area contributed by atoms with Crippen molar-refractivity contribution in [2.45, 2.75) is 25.7 Å². The Hall–Kier alpha value is -0.300. The SMILES string of the molecule is Brc1ccc([C]2[CH][C]3CCCC[C]3[CH]2)cc1. The van der Waals surface area contributed by atoms with E-state index in [0.29, 0.717) is 0 Å². The molecule has 0 N–H and O–H groups in total. The minimum absolute atomic E-state index is 1.15. The van der Waals surface area contributed by atoms with E-state index in [-0.39, 0.29) is 0 Å². The first-order valence-electron chi connectivity index (χ1n) is 5.87. The standard InChI is InChI=1S/C15H14Br/c16-15-7-5-11(6-8-15)14-9-12-3-1-2-4-13(12)10-14/h5-10H,1-4H2. The Balaban J connectivity index is 1.75. The van der Waals surface area contributed by atoms with Crippen LogP contribution in [0.4, 0.5) is 0 Å². The van der Waals surface area contributed by atoms with Crippen LogP contribution >= 0.6 is 15.9 Å². The van der Waals surface area contributed by atoms with Crippen LogP contribution in [0.2, 0.25) is 0 Å². The lowest BCUT2D eigenvalue weighted by atomic mass is 9.82. The van der Waals surface area contributed by atoms with Crippen LogP contribution in [0.1, 0.15) is 31.2 Å². The van der Waals surface area contributed by atoms with Gasteiger partial charge < -0.3 is 0 Å². The summed E-state index contributed by atoms with van der Waals surface area (Å²) in [7, 11) is 0. The summed E-state index contributed by atoms with van der Waals surface area (Å²) >= 11 is 3.48. The van der Waals surface area contributed by atoms with Crippen LogP contribution in [-0.2, 0) is 0 Å². The number of benzene rings is 1. The van der Waals surface area contributed by atoms with Gasteiger partial charge in [-0.2, -0.15) is 0 Å². The van der Waals surface area contributed by atoms with Crippen LogP contribution in [-0.4, -0.2) is 0 Å². The van der Waals surface area contributed by atoms with E-state index in [1.54, 1.807) is 11.8 Å². The summed E-state index contributed by atoms with van der Waals surface area (Å²) < 4.78 is 1.15. The van der Waals surface area contributed by atoms with Crippen molar-refractivity contribution in [1.29, 1.82) is 0 Å². The second-order valence-electron chi connectivity index (χ2n) is 4.51. The van der Waals surface area contributed by atoms with Crippen LogP contribution in [0.15, 0.2) is 28.7 Å². The second-order valence-corrected chi connectivity index (χ2v) is 5.42. The molecule has 0 amide bonds. The van der Waals surface area contributed by atoms with Crippen molar-refractivity contribution in [2.24, 2.45) is 0 Å². The van der Waals surface area contributed by atoms with Gasteiger partial charge in [0.05, 0.1) is 0 Å². The van der Waals surface area contributed by atoms with E-state index >= 15 is 0 Å². The van der Waals surface area contributed by atoms with Crippen LogP contribution < -0.4 is 0 Å². The van der Waals surface area contributed by atoms with Crippen molar-refractivity contribution < 1.29 is 0 Å². The number of rotatable bonds is 1. The normalized spacial score (nSPS) is 23.6. The van der Waals surface area contributed by atoms with Crippen molar-refractivity contribution in [3.63, 3.8) is 0 Å². The predicted molar refractivity (Wildman–Crippen MR) is 70.0 cm³/mol. The third-order valence-electron chi connectivity index (χ3n) is 3.39. The van der Waals surface area contributed by atoms with E-state index in [2.05, 4.69) is 53.0 Å². The lowest BCUT2D eigenvalue weighted by Crippen LogP contribution is -2.08. The van der Waals surface area contributed by atoms with Gasteiger partial charge in [0.15, 0.2) is 0 Å². The predicted octanol–water partition coefficient (Wildman–Crippen LogP) is 4.52. The summed E-state index contributed by atoms with van der Waals surface area (Å²) in [5.74, 6) is 4.53. The molecule has 0 aliphatic heterocycles. The van der Waals surface area contributed by atoms with Crippen LogP contribution in [0, 0.1) is 30.6 Å². The molecular formula is C15H14Br. The lowest BCUT2D eigenvalue weighted by Gasteiger charge is -2.22. The van der Waals surface area contributed by atoms with Crippen molar-refractivity contribution >= 4 is 15.9 Å². The minimum Gasteiger partial charge on any atom is -0.0573 e. The van der Waals surface area contributed by atoms with Crippen molar-refractivity contribution in [1.82, 2.24) is 0 Å². The van der Waals surface area contributed by atoms with E-state index in [0.717, 1.165) is 4.47 Å². The maximum absolute atomic E-state index is 3.48. The molecule has 16 heavy (non-hydrogen) atoms. The highest BCUT2D eigenvalue weighted by atomic mass is 79.9. The van der Waals surface area contributed by atoms with Gasteiger partial charge in [-0.1, -0.05) is 40.9 Å². The molecule has 2 saturated carbocycles. The molecule has 1 aromatic rings. The fourth-order valence-electron chi connectivity index (χ4n) is 2.51. The molecule has 0 atom stereocenters. The molecule has 3 rings (SSSR count). The Kier molecular flexibility index (Phi) is 3.06. The Labute approximate surface area is 107 Å². The Bertz CT molecular complexity index is 340. The number of fused-ring (bicyclic) bond motifs is 1. The molecule has 2 aliphatic carbocycles. The molecule has 0 spiro atoms. The molecule has 0 unspecified atom stereocenters. The molecule has 0 saturated heterocycles. The number of hydrogen-bond acceptors (Lipinski definition) is 0. The fraction of sp³-hybridized carbons (Fsp3) is 0.267. The van der Waals surface area contributed by atoms with Gasteiger partial charge in [-0.25, -0.2) is 0 Å². The molecule has 0 bridgehead atoms. The highest BCUT2D eigenvalue weighted by Crippen LogP contribution is 2.49. The van der Waals surface area contributed by atoms with Gasteiger partial charge in [0.1, 0.15) is 0 Å². The van der Waals surface area contributed by atoms with E-state index < -0.39 is 0 Å². The minimum atomic E-state index is 1.15. The van der Waals surface area contributed by atoms with E-state index in [4.69, 9.17) is 0 Å². The van der Waals surface area contributed by atoms with Crippen LogP contribution in [0.3, 0.4) is 0 Å². The van der Waals surface area contributed by atoms with Crippen LogP contribution in [0.25, 0.3) is 0 Å². The molecular weight excluding hydrogens is 260 g/mol. The average Bonchev–Trinajstić information content (AvgIpc) is 2.73. The quantitative estimate of drug-likeness (QED) is 0.706. The molecule has 81 valence electrons. The number of hydrogen-bond donors (Lipinski definition) is 0. The molecule has 2 aliphatic rings. The summed E-state index contributed by atoms with van der Waals surface area (Å²) in [6.07, 6.45) is 10.0. The molecule has 1 heteroatoms. The zero-order valence-corrected chi connectivity index (χ0v) is 10.8. The third-order valence-corrected chi connectivity index (χ3v) is 3.92. The van der Waals surface area contributed by atoms with E-state index in [1.165, 1.54) is 37.2 Å². The van der Waals surface area contributed by atoms with Gasteiger partial charge >= 0.3 is 0 Å². The Morgan fingerprint density at radius 3 is 1.94 bits per heavy atom. The highest BCUT2D eigenvalue weighted by molar-refractivity contribution is 9.10. The smallest absolute Gasteiger partial charge is 0.0175 e. The van der Waals surface area contributed by atoms with E-state index in [9.17, 15) is 0 Å². The van der Waals surface area contributed by atoms with Crippen molar-refractivity contribution in [3.8, 4) is 0 Å². The zero-order valence-electron chi connectivity index (χ0n) is 9.17. The molecule has 1 aromatic carbocycles. The molecule has 5 radical (unpaired) electrons. The topological polar surface area (TPSA) is 0 Å². The molecule has 0 heterocycles. The maximum Gasteiger partial charge on any atom is 0.0175 e. The van der Waals surface area contributed by atoms with Gasteiger partial charge in [0.2, 0.25) is 0 Å². The largest absolute Gasteiger partial charge is 0.0573 e. The maximum atomic E-state index is 3.48. The average molecular weight is 274 g/mol. The van der Waals surface area contributed by atoms with Gasteiger partial charge in [-0.3, -0.25) is 0 Å². The Morgan fingerprint density at radius 2 is 1.38 bits per heavy atom.